The zero-order valence-corrected chi connectivity index (χ0v) is 10.7. The van der Waals surface area contributed by atoms with Gasteiger partial charge in [-0.05, 0) is 12.1 Å². The Morgan fingerprint density at radius 2 is 2.00 bits per heavy atom. The molecule has 1 N–H and O–H groups in total. The first-order valence-corrected chi connectivity index (χ1v) is 6.31. The summed E-state index contributed by atoms with van der Waals surface area (Å²) >= 11 is 6.74. The van der Waals surface area contributed by atoms with E-state index in [1.807, 2.05) is 18.2 Å². The second kappa shape index (κ2) is 6.19. The Morgan fingerprint density at radius 3 is 2.57 bits per heavy atom. The lowest BCUT2D eigenvalue weighted by Gasteiger charge is -2.07. The summed E-state index contributed by atoms with van der Waals surface area (Å²) in [6, 6.07) is 9.19. The van der Waals surface area contributed by atoms with Crippen molar-refractivity contribution in [1.82, 2.24) is 5.32 Å². The maximum absolute atomic E-state index is 11.5. The Hall–Kier alpha value is -0.350. The van der Waals surface area contributed by atoms with Crippen LogP contribution in [0.4, 0.5) is 0 Å². The lowest BCUT2D eigenvalue weighted by molar-refractivity contribution is 0.0954. The summed E-state index contributed by atoms with van der Waals surface area (Å²) < 4.78 is 0. The summed E-state index contributed by atoms with van der Waals surface area (Å²) in [4.78, 5) is 11.8. The van der Waals surface area contributed by atoms with Crippen LogP contribution in [0, 0.1) is 0 Å². The summed E-state index contributed by atoms with van der Waals surface area (Å²) in [5.41, 5.74) is 0.696. The van der Waals surface area contributed by atoms with Gasteiger partial charge in [0.2, 0.25) is 0 Å². The van der Waals surface area contributed by atoms with Gasteiger partial charge in [-0.2, -0.15) is 0 Å². The van der Waals surface area contributed by atoms with Crippen molar-refractivity contribution in [3.63, 3.8) is 0 Å². The molecule has 0 spiro atoms. The topological polar surface area (TPSA) is 29.1 Å². The fourth-order valence-corrected chi connectivity index (χ4v) is 1.34. The fourth-order valence-electron chi connectivity index (χ4n) is 0.950. The monoisotopic (exact) mass is 319 g/mol. The predicted molar refractivity (Wildman–Crippen MR) is 65.3 cm³/mol. The van der Waals surface area contributed by atoms with E-state index in [1.165, 1.54) is 0 Å². The van der Waals surface area contributed by atoms with Gasteiger partial charge in [-0.1, -0.05) is 50.1 Å². The zero-order chi connectivity index (χ0) is 10.4. The van der Waals surface area contributed by atoms with Crippen LogP contribution in [-0.2, 0) is 0 Å². The van der Waals surface area contributed by atoms with Gasteiger partial charge in [-0.3, -0.25) is 4.79 Å². The normalized spacial score (nSPS) is 12.1. The highest BCUT2D eigenvalue weighted by Crippen LogP contribution is 2.03. The molecule has 0 bridgehead atoms. The van der Waals surface area contributed by atoms with E-state index in [4.69, 9.17) is 0 Å². The predicted octanol–water partition coefficient (Wildman–Crippen LogP) is 2.57. The summed E-state index contributed by atoms with van der Waals surface area (Å²) in [7, 11) is 0. The maximum atomic E-state index is 11.5. The smallest absolute Gasteiger partial charge is 0.251 e. The van der Waals surface area contributed by atoms with E-state index in [-0.39, 0.29) is 10.7 Å². The number of rotatable bonds is 4. The number of carbonyl (C=O) groups excluding carboxylic acids is 1. The van der Waals surface area contributed by atoms with Crippen LogP contribution < -0.4 is 5.32 Å². The van der Waals surface area contributed by atoms with E-state index in [0.717, 1.165) is 5.33 Å². The average molecular weight is 321 g/mol. The molecular formula is C10H11Br2NO. The summed E-state index contributed by atoms with van der Waals surface area (Å²) in [5, 5.41) is 3.66. The summed E-state index contributed by atoms with van der Waals surface area (Å²) in [6.07, 6.45) is 0. The first-order chi connectivity index (χ1) is 6.74. The van der Waals surface area contributed by atoms with Crippen molar-refractivity contribution in [3.05, 3.63) is 35.9 Å². The number of hydrogen-bond acceptors (Lipinski definition) is 1. The van der Waals surface area contributed by atoms with Gasteiger partial charge in [0.1, 0.15) is 0 Å². The molecule has 1 rings (SSSR count). The van der Waals surface area contributed by atoms with Crippen molar-refractivity contribution in [2.45, 2.75) is 4.83 Å². The van der Waals surface area contributed by atoms with Crippen molar-refractivity contribution in [2.24, 2.45) is 0 Å². The highest BCUT2D eigenvalue weighted by molar-refractivity contribution is 9.12. The van der Waals surface area contributed by atoms with Gasteiger partial charge in [0.05, 0.1) is 0 Å². The average Bonchev–Trinajstić information content (AvgIpc) is 2.26. The molecule has 0 saturated heterocycles. The first-order valence-electron chi connectivity index (χ1n) is 4.27. The minimum atomic E-state index is -0.0315. The minimum Gasteiger partial charge on any atom is -0.351 e. The van der Waals surface area contributed by atoms with Gasteiger partial charge in [0, 0.05) is 22.3 Å². The Kier molecular flexibility index (Phi) is 5.19. The molecule has 1 aromatic rings. The molecular weight excluding hydrogens is 310 g/mol. The van der Waals surface area contributed by atoms with E-state index in [9.17, 15) is 4.79 Å². The van der Waals surface area contributed by atoms with E-state index >= 15 is 0 Å². The molecule has 1 aromatic carbocycles. The number of nitrogens with one attached hydrogen (secondary N) is 1. The lowest BCUT2D eigenvalue weighted by atomic mass is 10.2. The van der Waals surface area contributed by atoms with Crippen molar-refractivity contribution in [2.75, 3.05) is 11.9 Å². The van der Waals surface area contributed by atoms with Gasteiger partial charge in [0.25, 0.3) is 5.91 Å². The maximum Gasteiger partial charge on any atom is 0.251 e. The fraction of sp³-hybridized carbons (Fsp3) is 0.300. The van der Waals surface area contributed by atoms with E-state index in [1.54, 1.807) is 12.1 Å². The number of hydrogen-bond donors (Lipinski definition) is 1. The van der Waals surface area contributed by atoms with Gasteiger partial charge < -0.3 is 5.32 Å². The SMILES string of the molecule is O=C(NCC(Br)CBr)c1ccccc1. The van der Waals surface area contributed by atoms with E-state index < -0.39 is 0 Å². The Morgan fingerprint density at radius 1 is 1.36 bits per heavy atom. The minimum absolute atomic E-state index is 0.0315. The quantitative estimate of drug-likeness (QED) is 0.849. The molecule has 0 aliphatic carbocycles. The molecule has 1 atom stereocenters. The zero-order valence-electron chi connectivity index (χ0n) is 7.54. The molecule has 1 amide bonds. The standard InChI is InChI=1S/C10H11Br2NO/c11-6-9(12)7-13-10(14)8-4-2-1-3-5-8/h1-5,9H,6-7H2,(H,13,14). The third-order valence-electron chi connectivity index (χ3n) is 1.69. The second-order valence-corrected chi connectivity index (χ2v) is 4.77. The van der Waals surface area contributed by atoms with Gasteiger partial charge in [-0.25, -0.2) is 0 Å². The second-order valence-electron chi connectivity index (χ2n) is 2.83. The van der Waals surface area contributed by atoms with E-state index in [0.29, 0.717) is 12.1 Å². The molecule has 14 heavy (non-hydrogen) atoms. The molecule has 0 fully saturated rings. The van der Waals surface area contributed by atoms with Crippen LogP contribution in [0.3, 0.4) is 0 Å². The molecule has 1 unspecified atom stereocenters. The van der Waals surface area contributed by atoms with Crippen LogP contribution in [0.25, 0.3) is 0 Å². The van der Waals surface area contributed by atoms with Crippen molar-refractivity contribution in [1.29, 1.82) is 0 Å². The van der Waals surface area contributed by atoms with Crippen molar-refractivity contribution >= 4 is 37.8 Å². The summed E-state index contributed by atoms with van der Waals surface area (Å²) in [6.45, 7) is 0.624. The molecule has 0 saturated carbocycles. The van der Waals surface area contributed by atoms with Crippen LogP contribution in [0.15, 0.2) is 30.3 Å². The van der Waals surface area contributed by atoms with Crippen LogP contribution in [0.2, 0.25) is 0 Å². The number of carbonyl (C=O) groups is 1. The molecule has 2 nitrogen and oxygen atoms in total. The molecule has 0 aromatic heterocycles. The van der Waals surface area contributed by atoms with Crippen LogP contribution in [-0.4, -0.2) is 22.6 Å². The number of benzene rings is 1. The molecule has 0 heterocycles. The summed E-state index contributed by atoms with van der Waals surface area (Å²) in [5.74, 6) is -0.0315. The van der Waals surface area contributed by atoms with Crippen LogP contribution >= 0.6 is 31.9 Å². The third kappa shape index (κ3) is 3.80. The highest BCUT2D eigenvalue weighted by atomic mass is 79.9. The molecule has 0 aliphatic heterocycles. The Bertz CT molecular complexity index is 289. The number of halogens is 2. The van der Waals surface area contributed by atoms with Gasteiger partial charge >= 0.3 is 0 Å². The largest absolute Gasteiger partial charge is 0.351 e. The highest BCUT2D eigenvalue weighted by Gasteiger charge is 2.06. The van der Waals surface area contributed by atoms with Gasteiger partial charge in [0.15, 0.2) is 0 Å². The first kappa shape index (κ1) is 11.7. The molecule has 76 valence electrons. The van der Waals surface area contributed by atoms with Crippen molar-refractivity contribution in [3.8, 4) is 0 Å². The van der Waals surface area contributed by atoms with Crippen LogP contribution in [0.1, 0.15) is 10.4 Å². The Balaban J connectivity index is 2.44. The Labute approximate surface area is 100 Å². The molecule has 0 aliphatic rings. The lowest BCUT2D eigenvalue weighted by Crippen LogP contribution is -2.30. The van der Waals surface area contributed by atoms with Gasteiger partial charge in [-0.15, -0.1) is 0 Å². The molecule has 0 radical (unpaired) electrons. The van der Waals surface area contributed by atoms with Crippen molar-refractivity contribution < 1.29 is 4.79 Å². The number of alkyl halides is 2. The number of amides is 1. The third-order valence-corrected chi connectivity index (χ3v) is 3.99. The molecule has 4 heteroatoms. The van der Waals surface area contributed by atoms with E-state index in [2.05, 4.69) is 37.2 Å². The van der Waals surface area contributed by atoms with Crippen LogP contribution in [0.5, 0.6) is 0 Å².